The zero-order valence-electron chi connectivity index (χ0n) is 11.3. The molecule has 0 unspecified atom stereocenters. The van der Waals surface area contributed by atoms with Crippen LogP contribution in [0.3, 0.4) is 0 Å². The number of nitrogens with zero attached hydrogens (tertiary/aromatic N) is 1. The number of hydrogen-bond donors (Lipinski definition) is 2. The van der Waals surface area contributed by atoms with Crippen LogP contribution >= 0.6 is 0 Å². The summed E-state index contributed by atoms with van der Waals surface area (Å²) in [6, 6.07) is 4.45. The molecule has 0 aliphatic carbocycles. The van der Waals surface area contributed by atoms with E-state index >= 15 is 0 Å². The van der Waals surface area contributed by atoms with Crippen molar-refractivity contribution >= 4 is 12.6 Å². The molecule has 1 heterocycles. The molecule has 4 nitrogen and oxygen atoms in total. The van der Waals surface area contributed by atoms with Gasteiger partial charge in [-0.3, -0.25) is 4.90 Å². The van der Waals surface area contributed by atoms with Crippen LogP contribution in [0.1, 0.15) is 19.4 Å². The Morgan fingerprint density at radius 2 is 2.16 bits per heavy atom. The smallest absolute Gasteiger partial charge is 0.423 e. The summed E-state index contributed by atoms with van der Waals surface area (Å²) in [6.45, 7) is 6.97. The molecule has 104 valence electrons. The molecule has 1 aromatic rings. The molecular formula is C13H19BFNO3. The first-order chi connectivity index (χ1) is 8.90. The fourth-order valence-electron chi connectivity index (χ4n) is 2.29. The molecule has 19 heavy (non-hydrogen) atoms. The van der Waals surface area contributed by atoms with E-state index in [1.807, 2.05) is 0 Å². The molecule has 0 bridgehead atoms. The first-order valence-electron chi connectivity index (χ1n) is 6.37. The van der Waals surface area contributed by atoms with Crippen molar-refractivity contribution in [3.63, 3.8) is 0 Å². The monoisotopic (exact) mass is 267 g/mol. The third kappa shape index (κ3) is 3.33. The van der Waals surface area contributed by atoms with E-state index in [1.54, 1.807) is 6.07 Å². The van der Waals surface area contributed by atoms with Crippen molar-refractivity contribution in [1.82, 2.24) is 4.90 Å². The zero-order valence-corrected chi connectivity index (χ0v) is 11.3. The van der Waals surface area contributed by atoms with Gasteiger partial charge in [-0.1, -0.05) is 12.1 Å². The average Bonchev–Trinajstić information content (AvgIpc) is 2.33. The van der Waals surface area contributed by atoms with Gasteiger partial charge in [-0.2, -0.15) is 0 Å². The van der Waals surface area contributed by atoms with Crippen molar-refractivity contribution < 1.29 is 19.2 Å². The predicted molar refractivity (Wildman–Crippen MR) is 71.5 cm³/mol. The number of rotatable bonds is 3. The van der Waals surface area contributed by atoms with Crippen molar-refractivity contribution in [3.05, 3.63) is 29.6 Å². The van der Waals surface area contributed by atoms with Crippen LogP contribution in [0.4, 0.5) is 4.39 Å². The van der Waals surface area contributed by atoms with Crippen LogP contribution in [0, 0.1) is 5.82 Å². The lowest BCUT2D eigenvalue weighted by atomic mass is 9.79. The SMILES string of the molecule is CC1(C)COCCN1Cc1ccc(F)c(B(O)O)c1. The Labute approximate surface area is 113 Å². The molecule has 1 aromatic carbocycles. The highest BCUT2D eigenvalue weighted by Crippen LogP contribution is 2.21. The zero-order chi connectivity index (χ0) is 14.0. The highest BCUT2D eigenvalue weighted by atomic mass is 19.1. The molecule has 1 aliphatic heterocycles. The molecule has 0 saturated carbocycles. The number of benzene rings is 1. The van der Waals surface area contributed by atoms with E-state index in [0.717, 1.165) is 12.1 Å². The van der Waals surface area contributed by atoms with Gasteiger partial charge in [0, 0.05) is 24.1 Å². The third-order valence-electron chi connectivity index (χ3n) is 3.53. The topological polar surface area (TPSA) is 52.9 Å². The summed E-state index contributed by atoms with van der Waals surface area (Å²) in [7, 11) is -1.78. The van der Waals surface area contributed by atoms with Crippen LogP contribution in [0.2, 0.25) is 0 Å². The standard InChI is InChI=1S/C13H19BFNO3/c1-13(2)9-19-6-5-16(13)8-10-3-4-12(15)11(7-10)14(17)18/h3-4,7,17-18H,5-6,8-9H2,1-2H3. The molecule has 0 spiro atoms. The largest absolute Gasteiger partial charge is 0.491 e. The molecule has 0 aromatic heterocycles. The molecule has 1 saturated heterocycles. The van der Waals surface area contributed by atoms with Gasteiger partial charge in [0.1, 0.15) is 5.82 Å². The minimum absolute atomic E-state index is 0.0787. The van der Waals surface area contributed by atoms with Crippen molar-refractivity contribution in [2.45, 2.75) is 25.9 Å². The third-order valence-corrected chi connectivity index (χ3v) is 3.53. The Balaban J connectivity index is 2.17. The fourth-order valence-corrected chi connectivity index (χ4v) is 2.29. The van der Waals surface area contributed by atoms with E-state index < -0.39 is 12.9 Å². The Morgan fingerprint density at radius 3 is 2.79 bits per heavy atom. The first-order valence-corrected chi connectivity index (χ1v) is 6.37. The number of hydrogen-bond acceptors (Lipinski definition) is 4. The van der Waals surface area contributed by atoms with Crippen LogP contribution in [0.15, 0.2) is 18.2 Å². The minimum atomic E-state index is -1.78. The van der Waals surface area contributed by atoms with Gasteiger partial charge in [0.15, 0.2) is 0 Å². The van der Waals surface area contributed by atoms with Crippen LogP contribution < -0.4 is 5.46 Å². The van der Waals surface area contributed by atoms with Gasteiger partial charge < -0.3 is 14.8 Å². The minimum Gasteiger partial charge on any atom is -0.423 e. The lowest BCUT2D eigenvalue weighted by Crippen LogP contribution is -2.52. The van der Waals surface area contributed by atoms with Crippen molar-refractivity contribution in [3.8, 4) is 0 Å². The van der Waals surface area contributed by atoms with Gasteiger partial charge >= 0.3 is 7.12 Å². The maximum Gasteiger partial charge on any atom is 0.491 e. The van der Waals surface area contributed by atoms with Gasteiger partial charge in [0.2, 0.25) is 0 Å². The molecule has 0 radical (unpaired) electrons. The van der Waals surface area contributed by atoms with Crippen LogP contribution in [-0.2, 0) is 11.3 Å². The van der Waals surface area contributed by atoms with E-state index in [9.17, 15) is 4.39 Å². The number of ether oxygens (including phenoxy) is 1. The Morgan fingerprint density at radius 1 is 1.42 bits per heavy atom. The predicted octanol–water partition coefficient (Wildman–Crippen LogP) is 0.116. The highest BCUT2D eigenvalue weighted by molar-refractivity contribution is 6.58. The summed E-state index contributed by atoms with van der Waals surface area (Å²) in [5, 5.41) is 18.2. The second-order valence-electron chi connectivity index (χ2n) is 5.52. The molecule has 2 N–H and O–H groups in total. The molecule has 1 fully saturated rings. The first kappa shape index (κ1) is 14.5. The molecule has 6 heteroatoms. The summed E-state index contributed by atoms with van der Waals surface area (Å²) >= 11 is 0. The summed E-state index contributed by atoms with van der Waals surface area (Å²) in [6.07, 6.45) is 0. The lowest BCUT2D eigenvalue weighted by molar-refractivity contribution is -0.0552. The van der Waals surface area contributed by atoms with Crippen LogP contribution in [0.5, 0.6) is 0 Å². The Bertz CT molecular complexity index is 454. The molecule has 0 amide bonds. The van der Waals surface area contributed by atoms with Gasteiger partial charge in [-0.25, -0.2) is 4.39 Å². The van der Waals surface area contributed by atoms with Crippen molar-refractivity contribution in [2.24, 2.45) is 0 Å². The second-order valence-corrected chi connectivity index (χ2v) is 5.52. The van der Waals surface area contributed by atoms with E-state index in [2.05, 4.69) is 18.7 Å². The van der Waals surface area contributed by atoms with Gasteiger partial charge in [0.05, 0.1) is 13.2 Å². The molecule has 0 atom stereocenters. The van der Waals surface area contributed by atoms with Gasteiger partial charge in [-0.05, 0) is 25.5 Å². The number of halogens is 1. The summed E-state index contributed by atoms with van der Waals surface area (Å²) in [5.41, 5.74) is 0.702. The summed E-state index contributed by atoms with van der Waals surface area (Å²) in [4.78, 5) is 2.25. The van der Waals surface area contributed by atoms with Crippen LogP contribution in [-0.4, -0.2) is 47.4 Å². The normalized spacial score (nSPS) is 19.4. The van der Waals surface area contributed by atoms with E-state index in [0.29, 0.717) is 19.8 Å². The van der Waals surface area contributed by atoms with Gasteiger partial charge in [-0.15, -0.1) is 0 Å². The lowest BCUT2D eigenvalue weighted by Gasteiger charge is -2.42. The maximum absolute atomic E-state index is 13.4. The van der Waals surface area contributed by atoms with E-state index in [-0.39, 0.29) is 11.0 Å². The van der Waals surface area contributed by atoms with Gasteiger partial charge in [0.25, 0.3) is 0 Å². The Kier molecular flexibility index (Phi) is 4.25. The summed E-state index contributed by atoms with van der Waals surface area (Å²) < 4.78 is 18.8. The highest BCUT2D eigenvalue weighted by Gasteiger charge is 2.30. The second kappa shape index (κ2) is 5.59. The van der Waals surface area contributed by atoms with Crippen LogP contribution in [0.25, 0.3) is 0 Å². The summed E-state index contributed by atoms with van der Waals surface area (Å²) in [5.74, 6) is -0.597. The fraction of sp³-hybridized carbons (Fsp3) is 0.538. The Hall–Kier alpha value is -0.945. The van der Waals surface area contributed by atoms with Crippen molar-refractivity contribution in [2.75, 3.05) is 19.8 Å². The quantitative estimate of drug-likeness (QED) is 0.764. The molecular weight excluding hydrogens is 248 g/mol. The van der Waals surface area contributed by atoms with E-state index in [1.165, 1.54) is 12.1 Å². The average molecular weight is 267 g/mol. The van der Waals surface area contributed by atoms with E-state index in [4.69, 9.17) is 14.8 Å². The maximum atomic E-state index is 13.4. The molecule has 2 rings (SSSR count). The number of morpholine rings is 1. The van der Waals surface area contributed by atoms with Crippen molar-refractivity contribution in [1.29, 1.82) is 0 Å². The molecule has 1 aliphatic rings.